The third-order valence-electron chi connectivity index (χ3n) is 2.24. The maximum Gasteiger partial charge on any atom is 0.0897 e. The van der Waals surface area contributed by atoms with Crippen molar-refractivity contribution >= 4 is 11.3 Å². The van der Waals surface area contributed by atoms with Crippen LogP contribution in [-0.2, 0) is 11.3 Å². The molecule has 1 aromatic rings. The van der Waals surface area contributed by atoms with Crippen LogP contribution in [0.3, 0.4) is 0 Å². The molecule has 0 amide bonds. The lowest BCUT2D eigenvalue weighted by atomic mass is 10.2. The minimum Gasteiger partial charge on any atom is -0.383 e. The summed E-state index contributed by atoms with van der Waals surface area (Å²) < 4.78 is 5.17. The normalized spacial score (nSPS) is 13.0. The van der Waals surface area contributed by atoms with Gasteiger partial charge in [-0.05, 0) is 13.3 Å². The summed E-state index contributed by atoms with van der Waals surface area (Å²) >= 11 is 1.70. The number of hydrogen-bond donors (Lipinski definition) is 1. The van der Waals surface area contributed by atoms with Crippen LogP contribution in [0.15, 0.2) is 5.38 Å². The van der Waals surface area contributed by atoms with Crippen LogP contribution in [0.1, 0.15) is 30.5 Å². The van der Waals surface area contributed by atoms with Crippen LogP contribution in [0.5, 0.6) is 0 Å². The number of hydrogen-bond acceptors (Lipinski definition) is 4. The topological polar surface area (TPSA) is 34.1 Å². The molecule has 86 valence electrons. The largest absolute Gasteiger partial charge is 0.383 e. The number of nitrogens with zero attached hydrogens (tertiary/aromatic N) is 1. The summed E-state index contributed by atoms with van der Waals surface area (Å²) in [5, 5.41) is 6.71. The fourth-order valence-corrected chi connectivity index (χ4v) is 2.14. The van der Waals surface area contributed by atoms with Gasteiger partial charge in [0.05, 0.1) is 17.3 Å². The second kappa shape index (κ2) is 6.93. The Morgan fingerprint density at radius 2 is 2.40 bits per heavy atom. The average Bonchev–Trinajstić information content (AvgIpc) is 2.61. The van der Waals surface area contributed by atoms with E-state index in [4.69, 9.17) is 4.74 Å². The molecule has 15 heavy (non-hydrogen) atoms. The van der Waals surface area contributed by atoms with Gasteiger partial charge in [0, 0.05) is 25.1 Å². The first kappa shape index (κ1) is 12.6. The summed E-state index contributed by atoms with van der Waals surface area (Å²) in [7, 11) is 1.75. The third-order valence-corrected chi connectivity index (χ3v) is 3.07. The van der Waals surface area contributed by atoms with E-state index in [2.05, 4.69) is 22.6 Å². The van der Waals surface area contributed by atoms with Crippen molar-refractivity contribution in [3.05, 3.63) is 16.1 Å². The zero-order valence-corrected chi connectivity index (χ0v) is 10.6. The van der Waals surface area contributed by atoms with Gasteiger partial charge in [-0.2, -0.15) is 0 Å². The summed E-state index contributed by atoms with van der Waals surface area (Å²) in [5.74, 6) is 0. The molecule has 1 N–H and O–H groups in total. The molecule has 0 saturated carbocycles. The van der Waals surface area contributed by atoms with Crippen molar-refractivity contribution < 1.29 is 4.74 Å². The van der Waals surface area contributed by atoms with Crippen molar-refractivity contribution in [1.29, 1.82) is 0 Å². The van der Waals surface area contributed by atoms with Crippen LogP contribution >= 0.6 is 11.3 Å². The number of methoxy groups -OCH3 is 1. The van der Waals surface area contributed by atoms with Gasteiger partial charge in [-0.15, -0.1) is 11.3 Å². The van der Waals surface area contributed by atoms with Crippen LogP contribution in [0.2, 0.25) is 0 Å². The Hall–Kier alpha value is -0.450. The van der Waals surface area contributed by atoms with E-state index >= 15 is 0 Å². The molecule has 0 aromatic carbocycles. The Bertz CT molecular complexity index is 269. The third kappa shape index (κ3) is 4.73. The number of ether oxygens (including phenoxy) is 1. The minimum atomic E-state index is 0.446. The van der Waals surface area contributed by atoms with E-state index in [9.17, 15) is 0 Å². The summed E-state index contributed by atoms with van der Waals surface area (Å²) in [6, 6.07) is 0.446. The molecule has 1 atom stereocenters. The molecule has 1 unspecified atom stereocenters. The molecule has 0 aliphatic carbocycles. The monoisotopic (exact) mass is 228 g/mol. The average molecular weight is 228 g/mol. The summed E-state index contributed by atoms with van der Waals surface area (Å²) in [6.07, 6.45) is 2.33. The highest BCUT2D eigenvalue weighted by Crippen LogP contribution is 2.08. The first-order valence-corrected chi connectivity index (χ1v) is 6.27. The van der Waals surface area contributed by atoms with Crippen molar-refractivity contribution in [3.8, 4) is 0 Å². The number of nitrogens with one attached hydrogen (secondary N) is 1. The van der Waals surface area contributed by atoms with Gasteiger partial charge >= 0.3 is 0 Å². The van der Waals surface area contributed by atoms with Crippen molar-refractivity contribution in [2.45, 2.75) is 39.3 Å². The molecule has 0 saturated heterocycles. The highest BCUT2D eigenvalue weighted by Gasteiger charge is 2.07. The van der Waals surface area contributed by atoms with Crippen LogP contribution < -0.4 is 5.32 Å². The Kier molecular flexibility index (Phi) is 5.83. The zero-order valence-electron chi connectivity index (χ0n) is 9.75. The van der Waals surface area contributed by atoms with Gasteiger partial charge in [0.1, 0.15) is 0 Å². The van der Waals surface area contributed by atoms with E-state index in [0.29, 0.717) is 6.04 Å². The first-order chi connectivity index (χ1) is 7.26. The lowest BCUT2D eigenvalue weighted by Crippen LogP contribution is -2.32. The van der Waals surface area contributed by atoms with Crippen LogP contribution in [0.25, 0.3) is 0 Å². The van der Waals surface area contributed by atoms with Crippen LogP contribution in [-0.4, -0.2) is 24.7 Å². The van der Waals surface area contributed by atoms with Crippen molar-refractivity contribution in [2.75, 3.05) is 13.7 Å². The molecule has 1 rings (SSSR count). The molecule has 0 spiro atoms. The Morgan fingerprint density at radius 3 is 2.93 bits per heavy atom. The molecule has 0 aliphatic rings. The second-order valence-corrected chi connectivity index (χ2v) is 4.74. The highest BCUT2D eigenvalue weighted by molar-refractivity contribution is 7.09. The van der Waals surface area contributed by atoms with Crippen molar-refractivity contribution in [2.24, 2.45) is 0 Å². The molecule has 0 radical (unpaired) electrons. The van der Waals surface area contributed by atoms with E-state index in [-0.39, 0.29) is 0 Å². The van der Waals surface area contributed by atoms with Crippen LogP contribution in [0.4, 0.5) is 0 Å². The SMILES string of the molecule is CCCC(COC)NCc1csc(C)n1. The maximum atomic E-state index is 5.17. The zero-order chi connectivity index (χ0) is 11.1. The fourth-order valence-electron chi connectivity index (χ4n) is 1.53. The summed E-state index contributed by atoms with van der Waals surface area (Å²) in [5.41, 5.74) is 1.13. The van der Waals surface area contributed by atoms with Gasteiger partial charge in [-0.1, -0.05) is 13.3 Å². The summed E-state index contributed by atoms with van der Waals surface area (Å²) in [4.78, 5) is 4.42. The molecular formula is C11H20N2OS. The van der Waals surface area contributed by atoms with E-state index in [1.165, 1.54) is 6.42 Å². The molecule has 0 fully saturated rings. The van der Waals surface area contributed by atoms with Gasteiger partial charge in [0.15, 0.2) is 0 Å². The molecule has 1 aromatic heterocycles. The Balaban J connectivity index is 2.32. The number of rotatable bonds is 7. The molecule has 0 aliphatic heterocycles. The molecule has 3 nitrogen and oxygen atoms in total. The first-order valence-electron chi connectivity index (χ1n) is 5.39. The maximum absolute atomic E-state index is 5.17. The number of aryl methyl sites for hydroxylation is 1. The smallest absolute Gasteiger partial charge is 0.0897 e. The summed E-state index contributed by atoms with van der Waals surface area (Å²) in [6.45, 7) is 5.85. The molecule has 1 heterocycles. The highest BCUT2D eigenvalue weighted by atomic mass is 32.1. The van der Waals surface area contributed by atoms with Gasteiger partial charge in [-0.3, -0.25) is 0 Å². The number of aromatic nitrogens is 1. The van der Waals surface area contributed by atoms with Gasteiger partial charge in [0.25, 0.3) is 0 Å². The van der Waals surface area contributed by atoms with E-state index in [1.807, 2.05) is 6.92 Å². The van der Waals surface area contributed by atoms with Gasteiger partial charge < -0.3 is 10.1 Å². The lowest BCUT2D eigenvalue weighted by molar-refractivity contribution is 0.161. The van der Waals surface area contributed by atoms with E-state index in [1.54, 1.807) is 18.4 Å². The fraction of sp³-hybridized carbons (Fsp3) is 0.727. The van der Waals surface area contributed by atoms with E-state index in [0.717, 1.165) is 30.3 Å². The van der Waals surface area contributed by atoms with E-state index < -0.39 is 0 Å². The number of thiazole rings is 1. The second-order valence-electron chi connectivity index (χ2n) is 3.68. The van der Waals surface area contributed by atoms with Gasteiger partial charge in [-0.25, -0.2) is 4.98 Å². The van der Waals surface area contributed by atoms with Crippen molar-refractivity contribution in [1.82, 2.24) is 10.3 Å². The minimum absolute atomic E-state index is 0.446. The van der Waals surface area contributed by atoms with Crippen LogP contribution in [0, 0.1) is 6.92 Å². The Morgan fingerprint density at radius 1 is 1.60 bits per heavy atom. The molecular weight excluding hydrogens is 208 g/mol. The molecule has 0 bridgehead atoms. The quantitative estimate of drug-likeness (QED) is 0.778. The van der Waals surface area contributed by atoms with Crippen molar-refractivity contribution in [3.63, 3.8) is 0 Å². The molecule has 4 heteroatoms. The lowest BCUT2D eigenvalue weighted by Gasteiger charge is -2.16. The standard InChI is InChI=1S/C11H20N2OS/c1-4-5-10(7-14-3)12-6-11-8-15-9(2)13-11/h8,10,12H,4-7H2,1-3H3. The predicted octanol–water partition coefficient (Wildman–Crippen LogP) is 2.36. The predicted molar refractivity (Wildman–Crippen MR) is 64.3 cm³/mol. The van der Waals surface area contributed by atoms with Gasteiger partial charge in [0.2, 0.25) is 0 Å². The Labute approximate surface area is 95.9 Å².